The van der Waals surface area contributed by atoms with Gasteiger partial charge in [0.25, 0.3) is 0 Å². The molecule has 0 aliphatic heterocycles. The first-order valence-corrected chi connectivity index (χ1v) is 13.5. The molecule has 5 nitrogen and oxygen atoms in total. The van der Waals surface area contributed by atoms with Gasteiger partial charge >= 0.3 is 0 Å². The Morgan fingerprint density at radius 2 is 1.70 bits per heavy atom. The fourth-order valence-electron chi connectivity index (χ4n) is 4.64. The van der Waals surface area contributed by atoms with E-state index in [0.29, 0.717) is 28.9 Å². The monoisotopic (exact) mass is 635 g/mol. The van der Waals surface area contributed by atoms with E-state index in [1.165, 1.54) is 32.1 Å². The van der Waals surface area contributed by atoms with Crippen molar-refractivity contribution in [2.75, 3.05) is 6.54 Å². The Morgan fingerprint density at radius 3 is 2.33 bits per heavy atom. The summed E-state index contributed by atoms with van der Waals surface area (Å²) in [6.07, 6.45) is 8.33. The van der Waals surface area contributed by atoms with Crippen LogP contribution in [0.15, 0.2) is 85.1 Å². The summed E-state index contributed by atoms with van der Waals surface area (Å²) < 4.78 is 21.0. The molecule has 1 unspecified atom stereocenters. The van der Waals surface area contributed by atoms with E-state index in [0.717, 1.165) is 11.1 Å². The average Bonchev–Trinajstić information content (AvgIpc) is 2.96. The summed E-state index contributed by atoms with van der Waals surface area (Å²) in [5, 5.41) is 0.435. The number of benzene rings is 3. The van der Waals surface area contributed by atoms with Gasteiger partial charge < -0.3 is 22.4 Å². The Bertz CT molecular complexity index is 1290. The van der Waals surface area contributed by atoms with E-state index >= 15 is 4.39 Å². The van der Waals surface area contributed by atoms with E-state index < -0.39 is 5.82 Å². The van der Waals surface area contributed by atoms with E-state index in [2.05, 4.69) is 11.1 Å². The Kier molecular flexibility index (Phi) is 15.0. The first-order chi connectivity index (χ1) is 18.6. The first-order valence-electron chi connectivity index (χ1n) is 13.1. The fraction of sp³-hybridized carbons (Fsp3) is 0.281. The number of hydrogen-bond donors (Lipinski definition) is 2. The minimum Gasteiger partial charge on any atom is -0.693 e. The number of rotatable bonds is 7. The molecule has 40 heavy (non-hydrogen) atoms. The van der Waals surface area contributed by atoms with Crippen LogP contribution in [0.1, 0.15) is 54.8 Å². The fourth-order valence-corrected chi connectivity index (χ4v) is 4.85. The number of hydrogen-bond acceptors (Lipinski definition) is 4. The second-order valence-corrected chi connectivity index (χ2v) is 9.88. The van der Waals surface area contributed by atoms with Gasteiger partial charge in [-0.25, -0.2) is 0 Å². The maximum absolute atomic E-state index is 15.3. The molecular formula is C32H36ClFN4OY-2. The van der Waals surface area contributed by atoms with Gasteiger partial charge in [0, 0.05) is 62.4 Å². The van der Waals surface area contributed by atoms with E-state index in [-0.39, 0.29) is 62.7 Å². The van der Waals surface area contributed by atoms with Crippen LogP contribution in [-0.4, -0.2) is 17.6 Å². The predicted molar refractivity (Wildman–Crippen MR) is 158 cm³/mol. The first kappa shape index (κ1) is 34.0. The van der Waals surface area contributed by atoms with Gasteiger partial charge in [0.15, 0.2) is 0 Å². The van der Waals surface area contributed by atoms with Crippen molar-refractivity contribution in [2.45, 2.75) is 50.7 Å². The third-order valence-corrected chi connectivity index (χ3v) is 7.08. The normalized spacial score (nSPS) is 13.6. The maximum Gasteiger partial charge on any atom is 0.128 e. The van der Waals surface area contributed by atoms with E-state index in [4.69, 9.17) is 27.8 Å². The molecule has 1 radical (unpaired) electrons. The molecule has 1 atom stereocenters. The van der Waals surface area contributed by atoms with Gasteiger partial charge in [0.05, 0.1) is 17.3 Å². The molecule has 5 rings (SSSR count). The summed E-state index contributed by atoms with van der Waals surface area (Å²) in [5.74, 6) is -0.412. The zero-order chi connectivity index (χ0) is 26.7. The van der Waals surface area contributed by atoms with Gasteiger partial charge in [0.1, 0.15) is 6.61 Å². The number of nitrogens with two attached hydrogens (primary N) is 3. The summed E-state index contributed by atoms with van der Waals surface area (Å²) in [4.78, 5) is 4.20. The molecule has 6 N–H and O–H groups in total. The number of pyridine rings is 1. The van der Waals surface area contributed by atoms with Crippen molar-refractivity contribution < 1.29 is 41.8 Å². The van der Waals surface area contributed by atoms with E-state index in [9.17, 15) is 0 Å². The van der Waals surface area contributed by atoms with Crippen LogP contribution in [0.25, 0.3) is 17.3 Å². The Balaban J connectivity index is 0.000000545. The summed E-state index contributed by atoms with van der Waals surface area (Å²) in [6.45, 7) is 0.586. The van der Waals surface area contributed by atoms with Crippen molar-refractivity contribution in [1.29, 1.82) is 0 Å². The number of nitrogens with zero attached hydrogens (tertiary/aromatic N) is 1. The van der Waals surface area contributed by atoms with Crippen molar-refractivity contribution in [3.05, 3.63) is 125 Å². The van der Waals surface area contributed by atoms with Crippen molar-refractivity contribution in [3.63, 3.8) is 0 Å². The molecule has 0 spiro atoms. The van der Waals surface area contributed by atoms with Crippen LogP contribution in [0.3, 0.4) is 0 Å². The molecule has 1 aliphatic carbocycles. The molecule has 0 bridgehead atoms. The number of aromatic nitrogens is 1. The predicted octanol–water partition coefficient (Wildman–Crippen LogP) is 8.00. The zero-order valence-electron chi connectivity index (χ0n) is 22.6. The molecule has 0 saturated heterocycles. The van der Waals surface area contributed by atoms with Crippen LogP contribution in [0.2, 0.25) is 5.02 Å². The van der Waals surface area contributed by atoms with Crippen LogP contribution < -0.4 is 16.2 Å². The Hall–Kier alpha value is -2.19. The SMILES string of the molecule is NC1CCCCC1.NCC(c1ccccc1)c1ccc(Cl)c(-c2[c-]ccc(OCc3ccccn3)c2F)c1.[NH2-].[Y]. The molecule has 1 aromatic heterocycles. The second kappa shape index (κ2) is 17.6. The molecule has 209 valence electrons. The molecule has 1 aliphatic rings. The molecule has 4 aromatic rings. The minimum absolute atomic E-state index is 0. The maximum atomic E-state index is 15.3. The van der Waals surface area contributed by atoms with Gasteiger partial charge in [-0.3, -0.25) is 9.37 Å². The van der Waals surface area contributed by atoms with Crippen LogP contribution in [0.4, 0.5) is 4.39 Å². The van der Waals surface area contributed by atoms with Crippen molar-refractivity contribution in [3.8, 4) is 16.9 Å². The van der Waals surface area contributed by atoms with Crippen LogP contribution >= 0.6 is 11.6 Å². The quantitative estimate of drug-likeness (QED) is 0.201. The Labute approximate surface area is 267 Å². The van der Waals surface area contributed by atoms with Crippen LogP contribution in [0, 0.1) is 11.9 Å². The topological polar surface area (TPSA) is 108 Å². The molecule has 1 heterocycles. The smallest absolute Gasteiger partial charge is 0.128 e. The van der Waals surface area contributed by atoms with Crippen molar-refractivity contribution in [1.82, 2.24) is 4.98 Å². The average molecular weight is 636 g/mol. The molecular weight excluding hydrogens is 600 g/mol. The van der Waals surface area contributed by atoms with Crippen LogP contribution in [0.5, 0.6) is 5.75 Å². The van der Waals surface area contributed by atoms with E-state index in [1.807, 2.05) is 60.7 Å². The van der Waals surface area contributed by atoms with Crippen molar-refractivity contribution >= 4 is 11.6 Å². The largest absolute Gasteiger partial charge is 0.693 e. The summed E-state index contributed by atoms with van der Waals surface area (Å²) >= 11 is 6.45. The number of halogens is 2. The molecule has 1 saturated carbocycles. The summed E-state index contributed by atoms with van der Waals surface area (Å²) in [5.41, 5.74) is 15.3. The number of ether oxygens (including phenoxy) is 1. The Morgan fingerprint density at radius 1 is 0.975 bits per heavy atom. The third-order valence-electron chi connectivity index (χ3n) is 6.75. The van der Waals surface area contributed by atoms with E-state index in [1.54, 1.807) is 24.4 Å². The van der Waals surface area contributed by atoms with Crippen molar-refractivity contribution in [2.24, 2.45) is 11.5 Å². The minimum atomic E-state index is -0.513. The molecule has 1 fully saturated rings. The third kappa shape index (κ3) is 9.44. The molecule has 0 amide bonds. The standard InChI is InChI=1S/C26H21ClFN2O.C6H13N.H2N.Y/c27-24-13-12-19(23(16-29)18-7-2-1-3-8-18)15-22(24)21-10-6-11-25(26(21)28)31-17-20-9-4-5-14-30-20;7-6-4-2-1-3-5-6;;/h1-9,11-15,23H,16-17,29H2;6H,1-5,7H2;1H2;/q-1;;-1;. The van der Waals surface area contributed by atoms with Gasteiger partial charge in [-0.15, -0.1) is 17.7 Å². The molecule has 8 heteroatoms. The van der Waals surface area contributed by atoms with Gasteiger partial charge in [-0.05, 0) is 36.1 Å². The zero-order valence-corrected chi connectivity index (χ0v) is 26.2. The van der Waals surface area contributed by atoms with Crippen LogP contribution in [-0.2, 0) is 39.3 Å². The van der Waals surface area contributed by atoms with Gasteiger partial charge in [-0.1, -0.05) is 97.1 Å². The molecule has 3 aromatic carbocycles. The summed E-state index contributed by atoms with van der Waals surface area (Å²) in [7, 11) is 0. The van der Waals surface area contributed by atoms with Gasteiger partial charge in [-0.2, -0.15) is 0 Å². The second-order valence-electron chi connectivity index (χ2n) is 9.48. The summed E-state index contributed by atoms with van der Waals surface area (Å²) in [6, 6.07) is 27.7. The van der Waals surface area contributed by atoms with Gasteiger partial charge in [0.2, 0.25) is 0 Å².